The van der Waals surface area contributed by atoms with Gasteiger partial charge in [0.15, 0.2) is 5.78 Å². The molecule has 0 atom stereocenters. The molecule has 0 N–H and O–H groups in total. The fourth-order valence-corrected chi connectivity index (χ4v) is 0.917. The van der Waals surface area contributed by atoms with Crippen molar-refractivity contribution in [1.82, 2.24) is 10.2 Å². The van der Waals surface area contributed by atoms with E-state index in [-0.39, 0.29) is 5.78 Å². The lowest BCUT2D eigenvalue weighted by Gasteiger charge is -2.04. The normalized spacial score (nSPS) is 9.57. The van der Waals surface area contributed by atoms with Gasteiger partial charge in [-0.2, -0.15) is 0 Å². The summed E-state index contributed by atoms with van der Waals surface area (Å²) in [5.41, 5.74) is 0.898. The molecular weight excluding hydrogens is 180 g/mol. The minimum atomic E-state index is -0.105. The molecule has 14 heavy (non-hydrogen) atoms. The van der Waals surface area contributed by atoms with Crippen molar-refractivity contribution < 1.29 is 9.53 Å². The Morgan fingerprint density at radius 3 is 2.43 bits per heavy atom. The first-order valence-electron chi connectivity index (χ1n) is 4.32. The van der Waals surface area contributed by atoms with Crippen LogP contribution >= 0.6 is 0 Å². The van der Waals surface area contributed by atoms with Crippen molar-refractivity contribution >= 4 is 11.5 Å². The zero-order valence-corrected chi connectivity index (χ0v) is 8.28. The summed E-state index contributed by atoms with van der Waals surface area (Å²) in [6, 6.07) is 3.27. The number of hydrogen-bond acceptors (Lipinski definition) is 4. The van der Waals surface area contributed by atoms with Crippen molar-refractivity contribution in [3.63, 3.8) is 0 Å². The van der Waals surface area contributed by atoms with Gasteiger partial charge in [-0.15, -0.1) is 10.2 Å². The maximum atomic E-state index is 10.9. The maximum Gasteiger partial charge on any atom is 0.180 e. The summed E-state index contributed by atoms with van der Waals surface area (Å²) in [5, 5.41) is 7.56. The highest BCUT2D eigenvalue weighted by molar-refractivity contribution is 5.91. The Morgan fingerprint density at radius 1 is 1.43 bits per heavy atom. The minimum Gasteiger partial charge on any atom is -0.492 e. The van der Waals surface area contributed by atoms with Crippen LogP contribution < -0.4 is 0 Å². The van der Waals surface area contributed by atoms with Crippen LogP contribution in [-0.4, -0.2) is 22.6 Å². The molecule has 1 rings (SSSR count). The van der Waals surface area contributed by atoms with Crippen LogP contribution in [0.4, 0.5) is 0 Å². The SMILES string of the molecule is C=C(OCC)c1ccc(C(C)=O)nn1. The van der Waals surface area contributed by atoms with Crippen LogP contribution in [0, 0.1) is 0 Å². The average molecular weight is 192 g/mol. The molecule has 74 valence electrons. The first-order valence-corrected chi connectivity index (χ1v) is 4.32. The van der Waals surface area contributed by atoms with Gasteiger partial charge in [-0.3, -0.25) is 4.79 Å². The molecule has 0 aromatic carbocycles. The Hall–Kier alpha value is -1.71. The molecule has 0 aliphatic carbocycles. The van der Waals surface area contributed by atoms with E-state index >= 15 is 0 Å². The zero-order valence-electron chi connectivity index (χ0n) is 8.28. The predicted octanol–water partition coefficient (Wildman–Crippen LogP) is 1.69. The van der Waals surface area contributed by atoms with Crippen molar-refractivity contribution in [3.8, 4) is 0 Å². The van der Waals surface area contributed by atoms with Crippen molar-refractivity contribution in [3.05, 3.63) is 30.1 Å². The van der Waals surface area contributed by atoms with E-state index in [0.29, 0.717) is 23.8 Å². The highest BCUT2D eigenvalue weighted by Gasteiger charge is 2.04. The second-order valence-corrected chi connectivity index (χ2v) is 2.72. The van der Waals surface area contributed by atoms with Gasteiger partial charge in [0.25, 0.3) is 0 Å². The van der Waals surface area contributed by atoms with Crippen LogP contribution in [0.1, 0.15) is 30.0 Å². The summed E-state index contributed by atoms with van der Waals surface area (Å²) in [6.45, 7) is 7.53. The van der Waals surface area contributed by atoms with E-state index in [1.54, 1.807) is 12.1 Å². The van der Waals surface area contributed by atoms with Gasteiger partial charge in [-0.1, -0.05) is 6.58 Å². The summed E-state index contributed by atoms with van der Waals surface area (Å²) in [5.74, 6) is 0.362. The number of carbonyl (C=O) groups excluding carboxylic acids is 1. The molecule has 4 heteroatoms. The number of rotatable bonds is 4. The van der Waals surface area contributed by atoms with E-state index in [9.17, 15) is 4.79 Å². The van der Waals surface area contributed by atoms with Gasteiger partial charge in [-0.05, 0) is 19.1 Å². The van der Waals surface area contributed by atoms with Gasteiger partial charge >= 0.3 is 0 Å². The molecule has 1 aromatic heterocycles. The highest BCUT2D eigenvalue weighted by atomic mass is 16.5. The van der Waals surface area contributed by atoms with Crippen molar-refractivity contribution in [2.45, 2.75) is 13.8 Å². The van der Waals surface area contributed by atoms with E-state index in [4.69, 9.17) is 4.74 Å². The lowest BCUT2D eigenvalue weighted by Crippen LogP contribution is -2.01. The number of ether oxygens (including phenoxy) is 1. The van der Waals surface area contributed by atoms with Gasteiger partial charge < -0.3 is 4.74 Å². The molecule has 0 amide bonds. The van der Waals surface area contributed by atoms with Crippen LogP contribution in [0.15, 0.2) is 18.7 Å². The Bertz CT molecular complexity index is 344. The number of aromatic nitrogens is 2. The van der Waals surface area contributed by atoms with Crippen LogP contribution in [0.25, 0.3) is 5.76 Å². The monoisotopic (exact) mass is 192 g/mol. The van der Waals surface area contributed by atoms with Gasteiger partial charge in [0, 0.05) is 6.92 Å². The summed E-state index contributed by atoms with van der Waals surface area (Å²) >= 11 is 0. The third-order valence-corrected chi connectivity index (χ3v) is 1.63. The Kier molecular flexibility index (Phi) is 3.34. The van der Waals surface area contributed by atoms with E-state index < -0.39 is 0 Å². The summed E-state index contributed by atoms with van der Waals surface area (Å²) in [7, 11) is 0. The Balaban J connectivity index is 2.83. The number of Topliss-reactive ketones (excluding diaryl/α,β-unsaturated/α-hetero) is 1. The van der Waals surface area contributed by atoms with Crippen LogP contribution in [0.3, 0.4) is 0 Å². The fourth-order valence-electron chi connectivity index (χ4n) is 0.917. The smallest absolute Gasteiger partial charge is 0.180 e. The third kappa shape index (κ3) is 2.39. The van der Waals surface area contributed by atoms with Gasteiger partial charge in [-0.25, -0.2) is 0 Å². The second-order valence-electron chi connectivity index (χ2n) is 2.72. The molecule has 0 fully saturated rings. The molecule has 0 saturated carbocycles. The molecule has 0 radical (unpaired) electrons. The number of carbonyl (C=O) groups is 1. The molecular formula is C10H12N2O2. The molecule has 4 nitrogen and oxygen atoms in total. The topological polar surface area (TPSA) is 52.1 Å². The quantitative estimate of drug-likeness (QED) is 0.538. The molecule has 0 bridgehead atoms. The zero-order chi connectivity index (χ0) is 10.6. The number of ketones is 1. The van der Waals surface area contributed by atoms with E-state index in [0.717, 1.165) is 0 Å². The lowest BCUT2D eigenvalue weighted by molar-refractivity contribution is 0.101. The van der Waals surface area contributed by atoms with Crippen LogP contribution in [-0.2, 0) is 4.74 Å². The largest absolute Gasteiger partial charge is 0.492 e. The number of nitrogens with zero attached hydrogens (tertiary/aromatic N) is 2. The molecule has 1 heterocycles. The summed E-state index contributed by atoms with van der Waals surface area (Å²) in [6.07, 6.45) is 0. The Labute approximate surface area is 82.6 Å². The standard InChI is InChI=1S/C10H12N2O2/c1-4-14-8(3)10-6-5-9(7(2)13)11-12-10/h5-6H,3-4H2,1-2H3. The molecule has 0 saturated heterocycles. The minimum absolute atomic E-state index is 0.105. The van der Waals surface area contributed by atoms with E-state index in [2.05, 4.69) is 16.8 Å². The van der Waals surface area contributed by atoms with Gasteiger partial charge in [0.05, 0.1) is 6.61 Å². The van der Waals surface area contributed by atoms with Crippen molar-refractivity contribution in [2.75, 3.05) is 6.61 Å². The first kappa shape index (κ1) is 10.4. The van der Waals surface area contributed by atoms with E-state index in [1.165, 1.54) is 6.92 Å². The second kappa shape index (κ2) is 4.50. The molecule has 0 unspecified atom stereocenters. The average Bonchev–Trinajstić information content (AvgIpc) is 2.18. The molecule has 1 aromatic rings. The molecule has 0 spiro atoms. The summed E-state index contributed by atoms with van der Waals surface area (Å²) in [4.78, 5) is 10.9. The van der Waals surface area contributed by atoms with Crippen LogP contribution in [0.2, 0.25) is 0 Å². The van der Waals surface area contributed by atoms with Crippen molar-refractivity contribution in [2.24, 2.45) is 0 Å². The predicted molar refractivity (Wildman–Crippen MR) is 52.7 cm³/mol. The first-order chi connectivity index (χ1) is 6.65. The van der Waals surface area contributed by atoms with Crippen molar-refractivity contribution in [1.29, 1.82) is 0 Å². The fraction of sp³-hybridized carbons (Fsp3) is 0.300. The number of hydrogen-bond donors (Lipinski definition) is 0. The van der Waals surface area contributed by atoms with E-state index in [1.807, 2.05) is 6.92 Å². The van der Waals surface area contributed by atoms with Gasteiger partial charge in [0.1, 0.15) is 17.1 Å². The summed E-state index contributed by atoms with van der Waals surface area (Å²) < 4.78 is 5.15. The Morgan fingerprint density at radius 2 is 2.00 bits per heavy atom. The lowest BCUT2D eigenvalue weighted by atomic mass is 10.2. The highest BCUT2D eigenvalue weighted by Crippen LogP contribution is 2.09. The molecule has 0 aliphatic rings. The van der Waals surface area contributed by atoms with Crippen LogP contribution in [0.5, 0.6) is 0 Å². The molecule has 0 aliphatic heterocycles. The third-order valence-electron chi connectivity index (χ3n) is 1.63. The maximum absolute atomic E-state index is 10.9. The van der Waals surface area contributed by atoms with Gasteiger partial charge in [0.2, 0.25) is 0 Å².